The summed E-state index contributed by atoms with van der Waals surface area (Å²) >= 11 is 0. The Morgan fingerprint density at radius 2 is 2.04 bits per heavy atom. The van der Waals surface area contributed by atoms with Crippen LogP contribution in [0, 0.1) is 0 Å². The van der Waals surface area contributed by atoms with E-state index in [1.54, 1.807) is 29.2 Å². The van der Waals surface area contributed by atoms with E-state index in [9.17, 15) is 18.0 Å². The fourth-order valence-electron chi connectivity index (χ4n) is 3.34. The molecule has 1 aliphatic heterocycles. The number of carbonyl (C=O) groups excluding carboxylic acids is 2. The largest absolute Gasteiger partial charge is 0.336 e. The Morgan fingerprint density at radius 3 is 2.72 bits per heavy atom. The van der Waals surface area contributed by atoms with Crippen molar-refractivity contribution in [1.82, 2.24) is 5.32 Å². The summed E-state index contributed by atoms with van der Waals surface area (Å²) in [5.74, 6) is -0.442. The molecule has 0 radical (unpaired) electrons. The highest BCUT2D eigenvalue weighted by Gasteiger charge is 2.29. The van der Waals surface area contributed by atoms with Crippen LogP contribution in [0.25, 0.3) is 0 Å². The number of hydrogen-bond acceptors (Lipinski definition) is 4. The third kappa shape index (κ3) is 4.31. The molecule has 2 N–H and O–H groups in total. The molecular formula is C17H23N3O4S. The summed E-state index contributed by atoms with van der Waals surface area (Å²) in [5, 5.41) is 5.17. The zero-order chi connectivity index (χ0) is 17.9. The molecular weight excluding hydrogens is 342 g/mol. The molecule has 1 heterocycles. The summed E-state index contributed by atoms with van der Waals surface area (Å²) in [5.41, 5.74) is 1.26. The van der Waals surface area contributed by atoms with Gasteiger partial charge < -0.3 is 10.6 Å². The fraction of sp³-hybridized carbons (Fsp3) is 0.529. The van der Waals surface area contributed by atoms with E-state index in [0.717, 1.165) is 12.8 Å². The number of carbonyl (C=O) groups is 2. The Kier molecular flexibility index (Phi) is 5.27. The molecule has 8 heteroatoms. The normalized spacial score (nSPS) is 18.4. The molecule has 0 bridgehead atoms. The Labute approximate surface area is 147 Å². The predicted molar refractivity (Wildman–Crippen MR) is 96.5 cm³/mol. The van der Waals surface area contributed by atoms with Gasteiger partial charge in [0, 0.05) is 30.9 Å². The number of hydrogen-bond donors (Lipinski definition) is 2. The molecule has 7 nitrogen and oxygen atoms in total. The number of rotatable bonds is 6. The van der Waals surface area contributed by atoms with Gasteiger partial charge in [0.2, 0.25) is 5.91 Å². The molecule has 2 fully saturated rings. The van der Waals surface area contributed by atoms with E-state index in [4.69, 9.17) is 0 Å². The number of nitrogens with zero attached hydrogens (tertiary/aromatic N) is 1. The van der Waals surface area contributed by atoms with Gasteiger partial charge in [-0.3, -0.25) is 9.69 Å². The van der Waals surface area contributed by atoms with Gasteiger partial charge in [-0.15, -0.1) is 0 Å². The first-order valence-electron chi connectivity index (χ1n) is 8.62. The van der Waals surface area contributed by atoms with Crippen LogP contribution in [-0.2, 0) is 14.6 Å². The molecule has 1 aromatic rings. The van der Waals surface area contributed by atoms with Gasteiger partial charge in [0.05, 0.1) is 11.0 Å². The van der Waals surface area contributed by atoms with Crippen molar-refractivity contribution in [2.24, 2.45) is 0 Å². The molecule has 2 aliphatic rings. The van der Waals surface area contributed by atoms with E-state index in [0.29, 0.717) is 37.3 Å². The van der Waals surface area contributed by atoms with Crippen molar-refractivity contribution in [1.29, 1.82) is 0 Å². The second-order valence-corrected chi connectivity index (χ2v) is 8.91. The molecule has 0 spiro atoms. The van der Waals surface area contributed by atoms with Crippen LogP contribution in [0.4, 0.5) is 16.2 Å². The minimum Gasteiger partial charge on any atom is -0.336 e. The minimum atomic E-state index is -3.20. The van der Waals surface area contributed by atoms with Gasteiger partial charge in [-0.05, 0) is 31.0 Å². The standard InChI is InChI=1S/C17H23N3O4S/c21-16(8-11-25(23,24)15-6-1-2-7-15)19-13-4-3-5-14(12-13)20-10-9-18-17(20)22/h3-5,12,15H,1-2,6-11H2,(H,18,22)(H,19,21). The van der Waals surface area contributed by atoms with E-state index >= 15 is 0 Å². The van der Waals surface area contributed by atoms with E-state index in [2.05, 4.69) is 10.6 Å². The molecule has 0 atom stereocenters. The maximum Gasteiger partial charge on any atom is 0.321 e. The van der Waals surface area contributed by atoms with Crippen LogP contribution in [-0.4, -0.2) is 44.4 Å². The second-order valence-electron chi connectivity index (χ2n) is 6.51. The predicted octanol–water partition coefficient (Wildman–Crippen LogP) is 1.90. The molecule has 1 aliphatic carbocycles. The third-order valence-corrected chi connectivity index (χ3v) is 6.98. The second kappa shape index (κ2) is 7.43. The van der Waals surface area contributed by atoms with Gasteiger partial charge in [-0.2, -0.15) is 0 Å². The van der Waals surface area contributed by atoms with Crippen molar-refractivity contribution >= 4 is 33.2 Å². The topological polar surface area (TPSA) is 95.6 Å². The van der Waals surface area contributed by atoms with Crippen LogP contribution in [0.3, 0.4) is 0 Å². The minimum absolute atomic E-state index is 0.0484. The molecule has 1 aromatic carbocycles. The lowest BCUT2D eigenvalue weighted by Gasteiger charge is -2.15. The monoisotopic (exact) mass is 365 g/mol. The summed E-state index contributed by atoms with van der Waals surface area (Å²) in [4.78, 5) is 25.4. The molecule has 0 aromatic heterocycles. The van der Waals surface area contributed by atoms with Gasteiger partial charge in [0.25, 0.3) is 0 Å². The maximum absolute atomic E-state index is 12.2. The van der Waals surface area contributed by atoms with Crippen LogP contribution < -0.4 is 15.5 Å². The number of amides is 3. The molecule has 3 rings (SSSR count). The van der Waals surface area contributed by atoms with E-state index in [-0.39, 0.29) is 29.4 Å². The van der Waals surface area contributed by atoms with Crippen LogP contribution in [0.15, 0.2) is 24.3 Å². The van der Waals surface area contributed by atoms with Crippen molar-refractivity contribution in [3.8, 4) is 0 Å². The summed E-state index contributed by atoms with van der Waals surface area (Å²) in [6, 6.07) is 6.83. The van der Waals surface area contributed by atoms with Gasteiger partial charge in [-0.25, -0.2) is 13.2 Å². The Balaban J connectivity index is 1.57. The number of urea groups is 1. The molecule has 3 amide bonds. The van der Waals surface area contributed by atoms with Gasteiger partial charge in [-0.1, -0.05) is 18.9 Å². The number of nitrogens with one attached hydrogen (secondary N) is 2. The maximum atomic E-state index is 12.2. The van der Waals surface area contributed by atoms with Crippen LogP contribution in [0.5, 0.6) is 0 Å². The van der Waals surface area contributed by atoms with Crippen LogP contribution in [0.2, 0.25) is 0 Å². The average molecular weight is 365 g/mol. The Morgan fingerprint density at radius 1 is 1.28 bits per heavy atom. The highest BCUT2D eigenvalue weighted by molar-refractivity contribution is 7.92. The average Bonchev–Trinajstić information content (AvgIpc) is 3.25. The molecule has 136 valence electrons. The smallest absolute Gasteiger partial charge is 0.321 e. The Bertz CT molecular complexity index is 757. The van der Waals surface area contributed by atoms with Gasteiger partial charge in [0.1, 0.15) is 0 Å². The lowest BCUT2D eigenvalue weighted by molar-refractivity contribution is -0.115. The highest BCUT2D eigenvalue weighted by Crippen LogP contribution is 2.26. The zero-order valence-electron chi connectivity index (χ0n) is 14.0. The van der Waals surface area contributed by atoms with Crippen molar-refractivity contribution in [2.75, 3.05) is 29.1 Å². The van der Waals surface area contributed by atoms with E-state index in [1.807, 2.05) is 0 Å². The van der Waals surface area contributed by atoms with Gasteiger partial charge in [0.15, 0.2) is 9.84 Å². The van der Waals surface area contributed by atoms with Crippen LogP contribution >= 0.6 is 0 Å². The van der Waals surface area contributed by atoms with Crippen molar-refractivity contribution in [3.05, 3.63) is 24.3 Å². The van der Waals surface area contributed by atoms with Crippen LogP contribution in [0.1, 0.15) is 32.1 Å². The fourth-order valence-corrected chi connectivity index (χ4v) is 5.20. The zero-order valence-corrected chi connectivity index (χ0v) is 14.8. The highest BCUT2D eigenvalue weighted by atomic mass is 32.2. The molecule has 1 saturated heterocycles. The summed E-state index contributed by atoms with van der Waals surface area (Å²) in [7, 11) is -3.20. The quantitative estimate of drug-likeness (QED) is 0.805. The van der Waals surface area contributed by atoms with Gasteiger partial charge >= 0.3 is 6.03 Å². The summed E-state index contributed by atoms with van der Waals surface area (Å²) in [6.45, 7) is 1.17. The van der Waals surface area contributed by atoms with Crippen molar-refractivity contribution in [3.63, 3.8) is 0 Å². The number of sulfone groups is 1. The molecule has 0 unspecified atom stereocenters. The first-order valence-corrected chi connectivity index (χ1v) is 10.3. The first-order chi connectivity index (χ1) is 12.0. The van der Waals surface area contributed by atoms with Crippen molar-refractivity contribution < 1.29 is 18.0 Å². The summed E-state index contributed by atoms with van der Waals surface area (Å²) in [6.07, 6.45) is 3.28. The molecule has 1 saturated carbocycles. The lowest BCUT2D eigenvalue weighted by atomic mass is 10.2. The number of benzene rings is 1. The SMILES string of the molecule is O=C(CCS(=O)(=O)C1CCCC1)Nc1cccc(N2CCNC2=O)c1. The van der Waals surface area contributed by atoms with Crippen molar-refractivity contribution in [2.45, 2.75) is 37.4 Å². The first kappa shape index (κ1) is 17.7. The molecule has 25 heavy (non-hydrogen) atoms. The van der Waals surface area contributed by atoms with E-state index in [1.165, 1.54) is 0 Å². The Hall–Kier alpha value is -2.09. The summed E-state index contributed by atoms with van der Waals surface area (Å²) < 4.78 is 24.4. The number of anilines is 2. The third-order valence-electron chi connectivity index (χ3n) is 4.72. The van der Waals surface area contributed by atoms with E-state index < -0.39 is 9.84 Å². The lowest BCUT2D eigenvalue weighted by Crippen LogP contribution is -2.27.